The van der Waals surface area contributed by atoms with Crippen LogP contribution in [0.3, 0.4) is 0 Å². The van der Waals surface area contributed by atoms with E-state index in [1.807, 2.05) is 11.0 Å². The topological polar surface area (TPSA) is 20.3 Å². The first-order valence-electron chi connectivity index (χ1n) is 5.85. The van der Waals surface area contributed by atoms with Crippen molar-refractivity contribution in [3.05, 3.63) is 33.3 Å². The first-order valence-corrected chi connectivity index (χ1v) is 7.02. The van der Waals surface area contributed by atoms with E-state index in [1.165, 1.54) is 6.42 Å². The second-order valence-corrected chi connectivity index (χ2v) is 5.79. The number of halogens is 2. The lowest BCUT2D eigenvalue weighted by Gasteiger charge is -2.33. The van der Waals surface area contributed by atoms with Crippen LogP contribution in [0.4, 0.5) is 0 Å². The SMILES string of the molecule is C[C@@H]1CCCCN1C(=O)c1cc(Br)ccc1Cl. The van der Waals surface area contributed by atoms with Gasteiger partial charge in [0.2, 0.25) is 0 Å². The van der Waals surface area contributed by atoms with E-state index in [-0.39, 0.29) is 5.91 Å². The largest absolute Gasteiger partial charge is 0.336 e. The maximum Gasteiger partial charge on any atom is 0.255 e. The Labute approximate surface area is 115 Å². The molecule has 0 spiro atoms. The zero-order valence-corrected chi connectivity index (χ0v) is 12.1. The molecule has 0 saturated carbocycles. The third-order valence-electron chi connectivity index (χ3n) is 3.22. The van der Waals surface area contributed by atoms with Crippen LogP contribution in [0.25, 0.3) is 0 Å². The van der Waals surface area contributed by atoms with Crippen LogP contribution < -0.4 is 0 Å². The van der Waals surface area contributed by atoms with E-state index in [0.717, 1.165) is 23.9 Å². The highest BCUT2D eigenvalue weighted by atomic mass is 79.9. The van der Waals surface area contributed by atoms with Crippen LogP contribution in [0, 0.1) is 0 Å². The highest BCUT2D eigenvalue weighted by Crippen LogP contribution is 2.25. The quantitative estimate of drug-likeness (QED) is 0.763. The van der Waals surface area contributed by atoms with E-state index in [4.69, 9.17) is 11.6 Å². The highest BCUT2D eigenvalue weighted by molar-refractivity contribution is 9.10. The van der Waals surface area contributed by atoms with Crippen molar-refractivity contribution >= 4 is 33.4 Å². The monoisotopic (exact) mass is 315 g/mol. The fraction of sp³-hybridized carbons (Fsp3) is 0.462. The fourth-order valence-corrected chi connectivity index (χ4v) is 2.78. The predicted octanol–water partition coefficient (Wildman–Crippen LogP) is 4.12. The van der Waals surface area contributed by atoms with E-state index in [9.17, 15) is 4.79 Å². The van der Waals surface area contributed by atoms with E-state index in [2.05, 4.69) is 22.9 Å². The van der Waals surface area contributed by atoms with Crippen molar-refractivity contribution in [2.45, 2.75) is 32.2 Å². The van der Waals surface area contributed by atoms with Crippen molar-refractivity contribution in [2.75, 3.05) is 6.54 Å². The van der Waals surface area contributed by atoms with Crippen LogP contribution in [-0.4, -0.2) is 23.4 Å². The summed E-state index contributed by atoms with van der Waals surface area (Å²) in [5, 5.41) is 0.524. The third kappa shape index (κ3) is 2.83. The second kappa shape index (κ2) is 5.40. The van der Waals surface area contributed by atoms with Crippen molar-refractivity contribution in [1.82, 2.24) is 4.90 Å². The Bertz CT molecular complexity index is 435. The average molecular weight is 317 g/mol. The number of carbonyl (C=O) groups is 1. The Balaban J connectivity index is 2.26. The molecule has 0 aromatic heterocycles. The van der Waals surface area contributed by atoms with Gasteiger partial charge in [-0.1, -0.05) is 27.5 Å². The summed E-state index contributed by atoms with van der Waals surface area (Å²) in [5.41, 5.74) is 0.592. The number of benzene rings is 1. The minimum atomic E-state index is 0.0449. The third-order valence-corrected chi connectivity index (χ3v) is 4.05. The van der Waals surface area contributed by atoms with Gasteiger partial charge in [-0.25, -0.2) is 0 Å². The molecule has 0 bridgehead atoms. The van der Waals surface area contributed by atoms with Gasteiger partial charge < -0.3 is 4.90 Å². The molecule has 1 aromatic rings. The van der Waals surface area contributed by atoms with E-state index in [0.29, 0.717) is 16.6 Å². The van der Waals surface area contributed by atoms with Crippen LogP contribution in [0.15, 0.2) is 22.7 Å². The molecular formula is C13H15BrClNO. The lowest BCUT2D eigenvalue weighted by molar-refractivity contribution is 0.0636. The molecule has 1 saturated heterocycles. The fourth-order valence-electron chi connectivity index (χ4n) is 2.22. The van der Waals surface area contributed by atoms with Crippen molar-refractivity contribution in [1.29, 1.82) is 0 Å². The van der Waals surface area contributed by atoms with Gasteiger partial charge >= 0.3 is 0 Å². The molecule has 92 valence electrons. The van der Waals surface area contributed by atoms with E-state index >= 15 is 0 Å². The first kappa shape index (κ1) is 12.9. The van der Waals surface area contributed by atoms with Crippen molar-refractivity contribution < 1.29 is 4.79 Å². The number of likely N-dealkylation sites (tertiary alicyclic amines) is 1. The first-order chi connectivity index (χ1) is 8.09. The Hall–Kier alpha value is -0.540. The number of piperidine rings is 1. The summed E-state index contributed by atoms with van der Waals surface area (Å²) in [6.45, 7) is 2.94. The second-order valence-electron chi connectivity index (χ2n) is 4.47. The maximum atomic E-state index is 12.4. The van der Waals surface area contributed by atoms with Gasteiger partial charge in [-0.05, 0) is 44.4 Å². The predicted molar refractivity (Wildman–Crippen MR) is 73.5 cm³/mol. The molecule has 1 amide bonds. The number of rotatable bonds is 1. The summed E-state index contributed by atoms with van der Waals surface area (Å²) >= 11 is 9.46. The summed E-state index contributed by atoms with van der Waals surface area (Å²) in [6, 6.07) is 5.71. The molecule has 17 heavy (non-hydrogen) atoms. The molecule has 0 aliphatic carbocycles. The zero-order valence-electron chi connectivity index (χ0n) is 9.75. The molecule has 4 heteroatoms. The molecule has 1 aliphatic rings. The van der Waals surface area contributed by atoms with Crippen LogP contribution in [0.2, 0.25) is 5.02 Å². The average Bonchev–Trinajstić information content (AvgIpc) is 2.32. The minimum absolute atomic E-state index is 0.0449. The molecule has 1 heterocycles. The van der Waals surface area contributed by atoms with Gasteiger partial charge in [-0.3, -0.25) is 4.79 Å². The summed E-state index contributed by atoms with van der Waals surface area (Å²) in [6.07, 6.45) is 3.37. The van der Waals surface area contributed by atoms with Gasteiger partial charge in [0.25, 0.3) is 5.91 Å². The van der Waals surface area contributed by atoms with Crippen LogP contribution in [0.1, 0.15) is 36.5 Å². The molecule has 2 rings (SSSR count). The number of hydrogen-bond acceptors (Lipinski definition) is 1. The molecule has 1 atom stereocenters. The summed E-state index contributed by atoms with van der Waals surface area (Å²) in [5.74, 6) is 0.0449. The van der Waals surface area contributed by atoms with E-state index in [1.54, 1.807) is 12.1 Å². The lowest BCUT2D eigenvalue weighted by atomic mass is 10.0. The Morgan fingerprint density at radius 1 is 1.47 bits per heavy atom. The molecule has 1 fully saturated rings. The molecule has 0 radical (unpaired) electrons. The van der Waals surface area contributed by atoms with Gasteiger partial charge in [0.1, 0.15) is 0 Å². The molecule has 1 aliphatic heterocycles. The van der Waals surface area contributed by atoms with Gasteiger partial charge in [-0.15, -0.1) is 0 Å². The molecule has 1 aromatic carbocycles. The van der Waals surface area contributed by atoms with Gasteiger partial charge in [0.05, 0.1) is 10.6 Å². The molecule has 0 N–H and O–H groups in total. The van der Waals surface area contributed by atoms with Crippen molar-refractivity contribution in [3.8, 4) is 0 Å². The maximum absolute atomic E-state index is 12.4. The summed E-state index contributed by atoms with van der Waals surface area (Å²) < 4.78 is 0.884. The van der Waals surface area contributed by atoms with Gasteiger partial charge in [0, 0.05) is 17.1 Å². The van der Waals surface area contributed by atoms with Gasteiger partial charge in [-0.2, -0.15) is 0 Å². The van der Waals surface area contributed by atoms with Gasteiger partial charge in [0.15, 0.2) is 0 Å². The van der Waals surface area contributed by atoms with Crippen molar-refractivity contribution in [2.24, 2.45) is 0 Å². The molecule has 2 nitrogen and oxygen atoms in total. The van der Waals surface area contributed by atoms with Crippen molar-refractivity contribution in [3.63, 3.8) is 0 Å². The van der Waals surface area contributed by atoms with Crippen LogP contribution in [-0.2, 0) is 0 Å². The Kier molecular flexibility index (Phi) is 4.10. The zero-order chi connectivity index (χ0) is 12.4. The van der Waals surface area contributed by atoms with E-state index < -0.39 is 0 Å². The van der Waals surface area contributed by atoms with Crippen LogP contribution >= 0.6 is 27.5 Å². The summed E-state index contributed by atoms with van der Waals surface area (Å²) in [4.78, 5) is 14.3. The minimum Gasteiger partial charge on any atom is -0.336 e. The highest BCUT2D eigenvalue weighted by Gasteiger charge is 2.25. The Morgan fingerprint density at radius 3 is 2.94 bits per heavy atom. The molecule has 0 unspecified atom stereocenters. The number of hydrogen-bond donors (Lipinski definition) is 0. The lowest BCUT2D eigenvalue weighted by Crippen LogP contribution is -2.42. The summed E-state index contributed by atoms with van der Waals surface area (Å²) in [7, 11) is 0. The number of carbonyl (C=O) groups excluding carboxylic acids is 1. The normalized spacial score (nSPS) is 20.4. The number of amides is 1. The number of nitrogens with zero attached hydrogens (tertiary/aromatic N) is 1. The van der Waals surface area contributed by atoms with Crippen LogP contribution in [0.5, 0.6) is 0 Å². The standard InChI is InChI=1S/C13H15BrClNO/c1-9-4-2-3-7-16(9)13(17)11-8-10(14)5-6-12(11)15/h5-6,8-9H,2-4,7H2,1H3/t9-/m1/s1. The Morgan fingerprint density at radius 2 is 2.24 bits per heavy atom. The molecular weight excluding hydrogens is 302 g/mol. The smallest absolute Gasteiger partial charge is 0.255 e.